The number of nitrogens with zero attached hydrogens (tertiary/aromatic N) is 2. The lowest BCUT2D eigenvalue weighted by atomic mass is 9.88. The molecule has 1 aliphatic carbocycles. The SMILES string of the molecule is COC(=O)[C@H]1Cc2ccccc2CN1C(=O)C1=C[C@@H](NC(=O)c2cccnc2)[C@@H](O)[C@H](O)C1. The number of rotatable bonds is 4. The number of aliphatic hydroxyl groups is 2. The van der Waals surface area contributed by atoms with Gasteiger partial charge >= 0.3 is 5.97 Å². The average molecular weight is 451 g/mol. The number of carbonyl (C=O) groups excluding carboxylic acids is 3. The fourth-order valence-electron chi connectivity index (χ4n) is 4.25. The number of benzene rings is 1. The number of fused-ring (bicyclic) bond motifs is 1. The molecule has 9 heteroatoms. The summed E-state index contributed by atoms with van der Waals surface area (Å²) in [4.78, 5) is 43.8. The van der Waals surface area contributed by atoms with Crippen molar-refractivity contribution in [2.45, 2.75) is 43.7 Å². The zero-order valence-corrected chi connectivity index (χ0v) is 18.0. The third-order valence-corrected chi connectivity index (χ3v) is 6.05. The van der Waals surface area contributed by atoms with E-state index < -0.39 is 42.1 Å². The van der Waals surface area contributed by atoms with Gasteiger partial charge in [0.25, 0.3) is 11.8 Å². The van der Waals surface area contributed by atoms with Gasteiger partial charge < -0.3 is 25.2 Å². The van der Waals surface area contributed by atoms with Crippen LogP contribution in [-0.2, 0) is 27.3 Å². The highest BCUT2D eigenvalue weighted by Gasteiger charge is 2.40. The summed E-state index contributed by atoms with van der Waals surface area (Å²) < 4.78 is 4.93. The molecule has 0 bridgehead atoms. The first-order chi connectivity index (χ1) is 15.9. The fraction of sp³-hybridized carbons (Fsp3) is 0.333. The van der Waals surface area contributed by atoms with Crippen molar-refractivity contribution >= 4 is 17.8 Å². The van der Waals surface area contributed by atoms with E-state index in [0.717, 1.165) is 11.1 Å². The van der Waals surface area contributed by atoms with Gasteiger partial charge in [0.2, 0.25) is 0 Å². The van der Waals surface area contributed by atoms with Gasteiger partial charge in [-0.3, -0.25) is 14.6 Å². The number of ether oxygens (including phenoxy) is 1. The van der Waals surface area contributed by atoms with Crippen molar-refractivity contribution in [2.24, 2.45) is 0 Å². The zero-order chi connectivity index (χ0) is 23.5. The van der Waals surface area contributed by atoms with Gasteiger partial charge in [-0.25, -0.2) is 4.79 Å². The molecule has 2 heterocycles. The first-order valence-electron chi connectivity index (χ1n) is 10.6. The van der Waals surface area contributed by atoms with E-state index in [1.807, 2.05) is 24.3 Å². The molecule has 3 N–H and O–H groups in total. The molecule has 0 radical (unpaired) electrons. The number of hydrogen-bond acceptors (Lipinski definition) is 7. The molecule has 0 fully saturated rings. The maximum absolute atomic E-state index is 13.5. The molecule has 2 aliphatic rings. The quantitative estimate of drug-likeness (QED) is 0.573. The Morgan fingerprint density at radius 1 is 1.09 bits per heavy atom. The molecular weight excluding hydrogens is 426 g/mol. The Balaban J connectivity index is 1.60. The van der Waals surface area contributed by atoms with Crippen LogP contribution in [0.4, 0.5) is 0 Å². The van der Waals surface area contributed by atoms with Crippen LogP contribution in [0.25, 0.3) is 0 Å². The number of methoxy groups -OCH3 is 1. The molecule has 0 spiro atoms. The molecule has 0 saturated carbocycles. The van der Waals surface area contributed by atoms with E-state index in [-0.39, 0.29) is 24.1 Å². The van der Waals surface area contributed by atoms with E-state index in [1.54, 1.807) is 12.1 Å². The molecule has 0 saturated heterocycles. The summed E-state index contributed by atoms with van der Waals surface area (Å²) in [5, 5.41) is 23.5. The number of carbonyl (C=O) groups is 3. The van der Waals surface area contributed by atoms with Crippen LogP contribution in [0.3, 0.4) is 0 Å². The van der Waals surface area contributed by atoms with Crippen molar-refractivity contribution in [1.29, 1.82) is 0 Å². The number of amides is 2. The average Bonchev–Trinajstić information content (AvgIpc) is 2.85. The molecule has 33 heavy (non-hydrogen) atoms. The number of nitrogens with one attached hydrogen (secondary N) is 1. The lowest BCUT2D eigenvalue weighted by Crippen LogP contribution is -2.53. The summed E-state index contributed by atoms with van der Waals surface area (Å²) in [6.07, 6.45) is 2.01. The first kappa shape index (κ1) is 22.6. The van der Waals surface area contributed by atoms with E-state index >= 15 is 0 Å². The van der Waals surface area contributed by atoms with Crippen molar-refractivity contribution < 1.29 is 29.3 Å². The second kappa shape index (κ2) is 9.51. The minimum Gasteiger partial charge on any atom is -0.467 e. The maximum Gasteiger partial charge on any atom is 0.328 e. The molecule has 2 aromatic rings. The van der Waals surface area contributed by atoms with Crippen molar-refractivity contribution in [3.8, 4) is 0 Å². The Morgan fingerprint density at radius 3 is 2.55 bits per heavy atom. The topological polar surface area (TPSA) is 129 Å². The summed E-state index contributed by atoms with van der Waals surface area (Å²) in [6.45, 7) is 0.206. The number of hydrogen-bond donors (Lipinski definition) is 3. The summed E-state index contributed by atoms with van der Waals surface area (Å²) in [5.74, 6) is -1.48. The Hall–Kier alpha value is -3.56. The molecule has 1 aromatic heterocycles. The monoisotopic (exact) mass is 451 g/mol. The zero-order valence-electron chi connectivity index (χ0n) is 18.0. The smallest absolute Gasteiger partial charge is 0.328 e. The highest BCUT2D eigenvalue weighted by atomic mass is 16.5. The van der Waals surface area contributed by atoms with Gasteiger partial charge in [-0.15, -0.1) is 0 Å². The summed E-state index contributed by atoms with van der Waals surface area (Å²) >= 11 is 0. The molecule has 1 aliphatic heterocycles. The normalized spacial score (nSPS) is 24.3. The Bertz CT molecular complexity index is 1090. The molecule has 0 unspecified atom stereocenters. The van der Waals surface area contributed by atoms with Gasteiger partial charge in [0.05, 0.1) is 24.8 Å². The maximum atomic E-state index is 13.5. The number of esters is 1. The second-order valence-electron chi connectivity index (χ2n) is 8.14. The van der Waals surface area contributed by atoms with Gasteiger partial charge in [0, 0.05) is 37.4 Å². The van der Waals surface area contributed by atoms with E-state index in [1.165, 1.54) is 30.5 Å². The van der Waals surface area contributed by atoms with Gasteiger partial charge in [-0.1, -0.05) is 30.3 Å². The largest absolute Gasteiger partial charge is 0.467 e. The predicted octanol–water partition coefficient (Wildman–Crippen LogP) is 0.358. The van der Waals surface area contributed by atoms with Crippen LogP contribution in [0.2, 0.25) is 0 Å². The minimum atomic E-state index is -1.29. The van der Waals surface area contributed by atoms with Gasteiger partial charge in [-0.05, 0) is 23.3 Å². The second-order valence-corrected chi connectivity index (χ2v) is 8.14. The van der Waals surface area contributed by atoms with E-state index in [4.69, 9.17) is 4.74 Å². The molecule has 4 rings (SSSR count). The minimum absolute atomic E-state index is 0.106. The molecule has 9 nitrogen and oxygen atoms in total. The predicted molar refractivity (Wildman–Crippen MR) is 117 cm³/mol. The van der Waals surface area contributed by atoms with Gasteiger partial charge in [0.15, 0.2) is 0 Å². The molecule has 4 atom stereocenters. The lowest BCUT2D eigenvalue weighted by Gasteiger charge is -2.38. The van der Waals surface area contributed by atoms with Crippen LogP contribution in [0, 0.1) is 0 Å². The lowest BCUT2D eigenvalue weighted by molar-refractivity contribution is -0.152. The molecular formula is C24H25N3O6. The van der Waals surface area contributed by atoms with Crippen LogP contribution in [0.1, 0.15) is 27.9 Å². The van der Waals surface area contributed by atoms with E-state index in [9.17, 15) is 24.6 Å². The van der Waals surface area contributed by atoms with E-state index in [2.05, 4.69) is 10.3 Å². The van der Waals surface area contributed by atoms with Gasteiger partial charge in [-0.2, -0.15) is 0 Å². The van der Waals surface area contributed by atoms with Crippen molar-refractivity contribution in [3.05, 3.63) is 77.1 Å². The van der Waals surface area contributed by atoms with Crippen molar-refractivity contribution in [1.82, 2.24) is 15.2 Å². The molecule has 1 aromatic carbocycles. The van der Waals surface area contributed by atoms with Crippen LogP contribution < -0.4 is 5.32 Å². The highest BCUT2D eigenvalue weighted by Crippen LogP contribution is 2.28. The summed E-state index contributed by atoms with van der Waals surface area (Å²) in [5.41, 5.74) is 2.37. The van der Waals surface area contributed by atoms with Gasteiger partial charge in [0.1, 0.15) is 12.1 Å². The number of pyridine rings is 1. The summed E-state index contributed by atoms with van der Waals surface area (Å²) in [6, 6.07) is 8.92. The number of aromatic nitrogens is 1. The van der Waals surface area contributed by atoms with Crippen molar-refractivity contribution in [3.63, 3.8) is 0 Å². The Labute approximate surface area is 190 Å². The highest BCUT2D eigenvalue weighted by molar-refractivity contribution is 5.98. The molecule has 2 amide bonds. The molecule has 172 valence electrons. The third kappa shape index (κ3) is 4.64. The Kier molecular flexibility index (Phi) is 6.52. The fourth-order valence-corrected chi connectivity index (χ4v) is 4.25. The standard InChI is InChI=1S/C24H25N3O6/c1-33-24(32)19-10-14-5-2-3-6-16(14)13-27(19)23(31)17-9-18(21(29)20(28)11-17)26-22(30)15-7-4-8-25-12-15/h2-9,12,18-21,28-29H,10-11,13H2,1H3,(H,26,30)/t18-,19-,20-,21-/m1/s1. The third-order valence-electron chi connectivity index (χ3n) is 6.05. The van der Waals surface area contributed by atoms with Crippen molar-refractivity contribution in [2.75, 3.05) is 7.11 Å². The first-order valence-corrected chi connectivity index (χ1v) is 10.6. The van der Waals surface area contributed by atoms with Crippen LogP contribution in [0.5, 0.6) is 0 Å². The Morgan fingerprint density at radius 2 is 1.85 bits per heavy atom. The van der Waals surface area contributed by atoms with Crippen LogP contribution >= 0.6 is 0 Å². The summed E-state index contributed by atoms with van der Waals surface area (Å²) in [7, 11) is 1.27. The van der Waals surface area contributed by atoms with Crippen LogP contribution in [-0.4, -0.2) is 69.3 Å². The number of aliphatic hydroxyl groups excluding tert-OH is 2. The van der Waals surface area contributed by atoms with E-state index in [0.29, 0.717) is 6.42 Å². The van der Waals surface area contributed by atoms with Crippen LogP contribution in [0.15, 0.2) is 60.4 Å².